The third-order valence-corrected chi connectivity index (χ3v) is 6.41. The lowest BCUT2D eigenvalue weighted by atomic mass is 10.1. The molecule has 2 N–H and O–H groups in total. The number of benzene rings is 2. The van der Waals surface area contributed by atoms with Gasteiger partial charge in [-0.2, -0.15) is 0 Å². The van der Waals surface area contributed by atoms with Gasteiger partial charge < -0.3 is 5.32 Å². The number of carbonyl (C=O) groups is 1. The van der Waals surface area contributed by atoms with E-state index in [1.165, 1.54) is 37.1 Å². The van der Waals surface area contributed by atoms with Gasteiger partial charge >= 0.3 is 0 Å². The minimum absolute atomic E-state index is 0.149. The summed E-state index contributed by atoms with van der Waals surface area (Å²) in [5.41, 5.74) is 0.665. The first-order chi connectivity index (χ1) is 13.0. The maximum absolute atomic E-state index is 12.5. The van der Waals surface area contributed by atoms with Gasteiger partial charge in [0, 0.05) is 11.6 Å². The largest absolute Gasteiger partial charge is 0.349 e. The van der Waals surface area contributed by atoms with Crippen LogP contribution in [0.1, 0.15) is 48.9 Å². The van der Waals surface area contributed by atoms with Gasteiger partial charge in [0.25, 0.3) is 15.9 Å². The summed E-state index contributed by atoms with van der Waals surface area (Å²) in [5.74, 6) is -0.179. The molecule has 0 spiro atoms. The molecule has 1 amide bonds. The van der Waals surface area contributed by atoms with Crippen LogP contribution < -0.4 is 10.0 Å². The molecule has 0 radical (unpaired) electrons. The Morgan fingerprint density at radius 2 is 1.63 bits per heavy atom. The fraction of sp³-hybridized carbons (Fsp3) is 0.350. The number of amides is 1. The predicted octanol–water partition coefficient (Wildman–Crippen LogP) is 4.59. The molecule has 0 bridgehead atoms. The molecule has 0 heterocycles. The summed E-state index contributed by atoms with van der Waals surface area (Å²) in [5, 5.41) is 3.24. The quantitative estimate of drug-likeness (QED) is 0.713. The minimum atomic E-state index is -3.73. The number of rotatable bonds is 5. The lowest BCUT2D eigenvalue weighted by Gasteiger charge is -2.17. The number of anilines is 1. The number of carbonyl (C=O) groups excluding carboxylic acids is 1. The highest BCUT2D eigenvalue weighted by Gasteiger charge is 2.18. The predicted molar refractivity (Wildman–Crippen MR) is 108 cm³/mol. The number of nitrogens with one attached hydrogen (secondary N) is 2. The lowest BCUT2D eigenvalue weighted by Crippen LogP contribution is -2.34. The number of hydrogen-bond donors (Lipinski definition) is 2. The third kappa shape index (κ3) is 5.23. The SMILES string of the molecule is O=C(NC1CCCCCC1)c1ccc(NS(=O)(=O)c2ccccc2)c(Cl)c1. The molecule has 5 nitrogen and oxygen atoms in total. The molecule has 0 aliphatic heterocycles. The Bertz CT molecular complexity index is 893. The van der Waals surface area contributed by atoms with Crippen molar-refractivity contribution < 1.29 is 13.2 Å². The van der Waals surface area contributed by atoms with Gasteiger partial charge in [0.15, 0.2) is 0 Å². The van der Waals surface area contributed by atoms with Gasteiger partial charge in [-0.3, -0.25) is 9.52 Å². The topological polar surface area (TPSA) is 75.3 Å². The molecule has 1 fully saturated rings. The van der Waals surface area contributed by atoms with Crippen molar-refractivity contribution in [2.75, 3.05) is 4.72 Å². The molecular formula is C20H23ClN2O3S. The maximum atomic E-state index is 12.5. The lowest BCUT2D eigenvalue weighted by molar-refractivity contribution is 0.0933. The van der Waals surface area contributed by atoms with Crippen LogP contribution in [0.4, 0.5) is 5.69 Å². The van der Waals surface area contributed by atoms with Crippen LogP contribution in [0.25, 0.3) is 0 Å². The van der Waals surface area contributed by atoms with Crippen molar-refractivity contribution in [2.45, 2.75) is 49.5 Å². The van der Waals surface area contributed by atoms with E-state index in [4.69, 9.17) is 11.6 Å². The van der Waals surface area contributed by atoms with Gasteiger partial charge in [-0.25, -0.2) is 8.42 Å². The van der Waals surface area contributed by atoms with E-state index in [-0.39, 0.29) is 27.6 Å². The average molecular weight is 407 g/mol. The molecule has 0 atom stereocenters. The second-order valence-corrected chi connectivity index (χ2v) is 8.86. The Balaban J connectivity index is 1.71. The smallest absolute Gasteiger partial charge is 0.261 e. The summed E-state index contributed by atoms with van der Waals surface area (Å²) in [4.78, 5) is 12.6. The number of hydrogen-bond acceptors (Lipinski definition) is 3. The van der Waals surface area contributed by atoms with E-state index < -0.39 is 10.0 Å². The van der Waals surface area contributed by atoms with Crippen molar-refractivity contribution in [3.63, 3.8) is 0 Å². The minimum Gasteiger partial charge on any atom is -0.349 e. The summed E-state index contributed by atoms with van der Waals surface area (Å²) in [6, 6.07) is 12.8. The first-order valence-corrected chi connectivity index (χ1v) is 11.0. The van der Waals surface area contributed by atoms with Crippen LogP contribution in [0.3, 0.4) is 0 Å². The van der Waals surface area contributed by atoms with Gasteiger partial charge in [0.2, 0.25) is 0 Å². The normalized spacial score (nSPS) is 15.7. The van der Waals surface area contributed by atoms with Crippen molar-refractivity contribution in [3.8, 4) is 0 Å². The second-order valence-electron chi connectivity index (χ2n) is 6.78. The second kappa shape index (κ2) is 8.76. The Labute approximate surface area is 165 Å². The Morgan fingerprint density at radius 1 is 0.963 bits per heavy atom. The first kappa shape index (κ1) is 19.7. The fourth-order valence-electron chi connectivity index (χ4n) is 3.23. The summed E-state index contributed by atoms with van der Waals surface area (Å²) in [7, 11) is -3.73. The Hall–Kier alpha value is -2.05. The molecule has 27 heavy (non-hydrogen) atoms. The zero-order valence-electron chi connectivity index (χ0n) is 14.9. The maximum Gasteiger partial charge on any atom is 0.261 e. The van der Waals surface area contributed by atoms with Crippen molar-refractivity contribution in [2.24, 2.45) is 0 Å². The van der Waals surface area contributed by atoms with E-state index in [9.17, 15) is 13.2 Å². The molecule has 3 rings (SSSR count). The summed E-state index contributed by atoms with van der Waals surface area (Å²) in [6.45, 7) is 0. The van der Waals surface area contributed by atoms with Crippen molar-refractivity contribution in [1.29, 1.82) is 0 Å². The summed E-state index contributed by atoms with van der Waals surface area (Å²) in [6.07, 6.45) is 6.68. The van der Waals surface area contributed by atoms with Crippen LogP contribution in [-0.2, 0) is 10.0 Å². The van der Waals surface area contributed by atoms with E-state index in [2.05, 4.69) is 10.0 Å². The van der Waals surface area contributed by atoms with Crippen molar-refractivity contribution in [3.05, 3.63) is 59.1 Å². The van der Waals surface area contributed by atoms with Crippen LogP contribution in [0, 0.1) is 0 Å². The number of sulfonamides is 1. The van der Waals surface area contributed by atoms with Gasteiger partial charge in [-0.15, -0.1) is 0 Å². The van der Waals surface area contributed by atoms with Gasteiger partial charge in [-0.05, 0) is 43.2 Å². The van der Waals surface area contributed by atoms with Gasteiger partial charge in [0.1, 0.15) is 0 Å². The van der Waals surface area contributed by atoms with Crippen LogP contribution in [0.15, 0.2) is 53.4 Å². The van der Waals surface area contributed by atoms with E-state index in [1.807, 2.05) is 0 Å². The molecule has 1 aliphatic rings. The fourth-order valence-corrected chi connectivity index (χ4v) is 4.62. The van der Waals surface area contributed by atoms with E-state index in [0.29, 0.717) is 5.56 Å². The number of halogens is 1. The first-order valence-electron chi connectivity index (χ1n) is 9.14. The van der Waals surface area contributed by atoms with Gasteiger partial charge in [0.05, 0.1) is 15.6 Å². The third-order valence-electron chi connectivity index (χ3n) is 4.72. The molecule has 0 saturated heterocycles. The monoisotopic (exact) mass is 406 g/mol. The van der Waals surface area contributed by atoms with E-state index in [1.54, 1.807) is 24.3 Å². The standard InChI is InChI=1S/C20H23ClN2O3S/c21-18-14-15(20(24)22-16-8-4-1-2-5-9-16)12-13-19(18)23-27(25,26)17-10-6-3-7-11-17/h3,6-7,10-14,16,23H,1-2,4-5,8-9H2,(H,22,24). The molecule has 2 aromatic rings. The van der Waals surface area contributed by atoms with Gasteiger partial charge in [-0.1, -0.05) is 55.5 Å². The molecule has 7 heteroatoms. The molecule has 1 aliphatic carbocycles. The molecule has 1 saturated carbocycles. The Morgan fingerprint density at radius 3 is 2.26 bits per heavy atom. The van der Waals surface area contributed by atoms with E-state index in [0.717, 1.165) is 25.7 Å². The van der Waals surface area contributed by atoms with Crippen LogP contribution in [0.2, 0.25) is 5.02 Å². The summed E-state index contributed by atoms with van der Waals surface area (Å²) >= 11 is 6.23. The highest BCUT2D eigenvalue weighted by molar-refractivity contribution is 7.92. The summed E-state index contributed by atoms with van der Waals surface area (Å²) < 4.78 is 27.3. The molecule has 2 aromatic carbocycles. The zero-order valence-corrected chi connectivity index (χ0v) is 16.5. The van der Waals surface area contributed by atoms with Crippen LogP contribution in [0.5, 0.6) is 0 Å². The van der Waals surface area contributed by atoms with Crippen LogP contribution >= 0.6 is 11.6 Å². The van der Waals surface area contributed by atoms with Crippen molar-refractivity contribution >= 4 is 33.2 Å². The molecule has 0 unspecified atom stereocenters. The van der Waals surface area contributed by atoms with E-state index >= 15 is 0 Å². The average Bonchev–Trinajstić information content (AvgIpc) is 2.92. The highest BCUT2D eigenvalue weighted by Crippen LogP contribution is 2.26. The van der Waals surface area contributed by atoms with Crippen LogP contribution in [-0.4, -0.2) is 20.4 Å². The zero-order chi connectivity index (χ0) is 19.3. The van der Waals surface area contributed by atoms with Crippen molar-refractivity contribution in [1.82, 2.24) is 5.32 Å². The highest BCUT2D eigenvalue weighted by atomic mass is 35.5. The Kier molecular flexibility index (Phi) is 6.39. The molecular weight excluding hydrogens is 384 g/mol. The molecule has 144 valence electrons. The molecule has 0 aromatic heterocycles.